The van der Waals surface area contributed by atoms with Gasteiger partial charge in [-0.15, -0.1) is 11.8 Å². The quantitative estimate of drug-likeness (QED) is 0.844. The molecular formula is C13H24N2O3S. The van der Waals surface area contributed by atoms with E-state index < -0.39 is 12.0 Å². The molecule has 110 valence electrons. The lowest BCUT2D eigenvalue weighted by atomic mass is 10.2. The number of carbonyl (C=O) groups excluding carboxylic acids is 1. The maximum atomic E-state index is 12.6. The maximum absolute atomic E-state index is 12.6. The van der Waals surface area contributed by atoms with Crippen molar-refractivity contribution < 1.29 is 14.7 Å². The molecule has 6 heteroatoms. The Balaban J connectivity index is 2.93. The lowest BCUT2D eigenvalue weighted by Crippen LogP contribution is -2.53. The Bertz CT molecular complexity index is 336. The van der Waals surface area contributed by atoms with Gasteiger partial charge in [-0.2, -0.15) is 0 Å². The molecule has 0 aromatic carbocycles. The van der Waals surface area contributed by atoms with Crippen LogP contribution < -0.4 is 0 Å². The van der Waals surface area contributed by atoms with E-state index in [1.807, 2.05) is 27.7 Å². The first-order valence-corrected chi connectivity index (χ1v) is 7.92. The summed E-state index contributed by atoms with van der Waals surface area (Å²) in [5, 5.41) is 9.25. The van der Waals surface area contributed by atoms with E-state index in [9.17, 15) is 14.7 Å². The van der Waals surface area contributed by atoms with Crippen LogP contribution in [0.2, 0.25) is 0 Å². The lowest BCUT2D eigenvalue weighted by molar-refractivity contribution is -0.141. The van der Waals surface area contributed by atoms with Crippen LogP contribution in [0.15, 0.2) is 0 Å². The van der Waals surface area contributed by atoms with Gasteiger partial charge in [0.05, 0.1) is 5.37 Å². The zero-order valence-corrected chi connectivity index (χ0v) is 12.9. The fourth-order valence-electron chi connectivity index (χ4n) is 2.29. The molecule has 5 nitrogen and oxygen atoms in total. The monoisotopic (exact) mass is 288 g/mol. The molecule has 0 radical (unpaired) electrons. The first kappa shape index (κ1) is 16.1. The van der Waals surface area contributed by atoms with Gasteiger partial charge in [-0.1, -0.05) is 13.8 Å². The predicted molar refractivity (Wildman–Crippen MR) is 77.3 cm³/mol. The molecule has 0 aliphatic carbocycles. The second-order valence-corrected chi connectivity index (χ2v) is 6.24. The van der Waals surface area contributed by atoms with Gasteiger partial charge in [0, 0.05) is 18.3 Å². The number of carboxylic acids is 1. The molecule has 0 saturated carbocycles. The molecule has 19 heavy (non-hydrogen) atoms. The lowest BCUT2D eigenvalue weighted by Gasteiger charge is -2.35. The van der Waals surface area contributed by atoms with Gasteiger partial charge in [-0.25, -0.2) is 9.59 Å². The summed E-state index contributed by atoms with van der Waals surface area (Å²) in [7, 11) is 0. The fourth-order valence-corrected chi connectivity index (χ4v) is 3.63. The molecule has 0 aromatic rings. The zero-order chi connectivity index (χ0) is 14.6. The average molecular weight is 288 g/mol. The number of rotatable bonds is 5. The number of amides is 2. The second-order valence-electron chi connectivity index (χ2n) is 5.03. The number of nitrogens with zero attached hydrogens (tertiary/aromatic N) is 2. The number of hydrogen-bond donors (Lipinski definition) is 1. The molecule has 1 heterocycles. The normalized spacial score (nSPS) is 22.9. The smallest absolute Gasteiger partial charge is 0.327 e. The molecule has 1 aliphatic rings. The Labute approximate surface area is 119 Å². The minimum atomic E-state index is -0.906. The van der Waals surface area contributed by atoms with Crippen LogP contribution in [0.25, 0.3) is 0 Å². The van der Waals surface area contributed by atoms with Crippen LogP contribution in [0.4, 0.5) is 4.79 Å². The van der Waals surface area contributed by atoms with E-state index in [0.29, 0.717) is 12.3 Å². The molecule has 1 rings (SSSR count). The van der Waals surface area contributed by atoms with E-state index >= 15 is 0 Å². The Morgan fingerprint density at radius 2 is 2.05 bits per heavy atom. The summed E-state index contributed by atoms with van der Waals surface area (Å²) in [6.07, 6.45) is 1.65. The van der Waals surface area contributed by atoms with Gasteiger partial charge in [0.2, 0.25) is 0 Å². The van der Waals surface area contributed by atoms with Gasteiger partial charge in [-0.3, -0.25) is 4.90 Å². The SMILES string of the molecule is CCCN(C(=O)N1C(CC)SCC1C(=O)O)C(C)C. The molecular weight excluding hydrogens is 264 g/mol. The highest BCUT2D eigenvalue weighted by Gasteiger charge is 2.42. The van der Waals surface area contributed by atoms with E-state index in [4.69, 9.17) is 0 Å². The molecule has 1 aliphatic heterocycles. The molecule has 2 unspecified atom stereocenters. The third kappa shape index (κ3) is 3.55. The minimum absolute atomic E-state index is 0.0216. The van der Waals surface area contributed by atoms with E-state index in [0.717, 1.165) is 12.8 Å². The molecule has 1 saturated heterocycles. The van der Waals surface area contributed by atoms with Crippen LogP contribution in [-0.4, -0.2) is 56.7 Å². The number of aliphatic carboxylic acids is 1. The van der Waals surface area contributed by atoms with Crippen LogP contribution in [0, 0.1) is 0 Å². The van der Waals surface area contributed by atoms with Gasteiger partial charge in [0.25, 0.3) is 0 Å². The number of carbonyl (C=O) groups is 2. The fraction of sp³-hybridized carbons (Fsp3) is 0.846. The summed E-state index contributed by atoms with van der Waals surface area (Å²) in [4.78, 5) is 27.3. The Kier molecular flexibility index (Phi) is 5.97. The van der Waals surface area contributed by atoms with Crippen LogP contribution >= 0.6 is 11.8 Å². The number of thioether (sulfide) groups is 1. The summed E-state index contributed by atoms with van der Waals surface area (Å²) in [5.74, 6) is -0.422. The van der Waals surface area contributed by atoms with E-state index in [1.165, 1.54) is 0 Å². The van der Waals surface area contributed by atoms with Crippen molar-refractivity contribution in [2.75, 3.05) is 12.3 Å². The molecule has 2 atom stereocenters. The second kappa shape index (κ2) is 7.03. The summed E-state index contributed by atoms with van der Waals surface area (Å²) in [6, 6.07) is -0.744. The molecule has 1 fully saturated rings. The predicted octanol–water partition coefficient (Wildman–Crippen LogP) is 2.46. The van der Waals surface area contributed by atoms with Crippen LogP contribution in [0.3, 0.4) is 0 Å². The first-order valence-electron chi connectivity index (χ1n) is 6.87. The first-order chi connectivity index (χ1) is 8.93. The Hall–Kier alpha value is -0.910. The third-order valence-corrected chi connectivity index (χ3v) is 4.73. The Morgan fingerprint density at radius 3 is 2.47 bits per heavy atom. The molecule has 0 spiro atoms. The molecule has 1 N–H and O–H groups in total. The van der Waals surface area contributed by atoms with Crippen molar-refractivity contribution in [2.24, 2.45) is 0 Å². The summed E-state index contributed by atoms with van der Waals surface area (Å²) in [5.41, 5.74) is 0. The molecule has 0 aromatic heterocycles. The summed E-state index contributed by atoms with van der Waals surface area (Å²) < 4.78 is 0. The molecule has 0 bridgehead atoms. The van der Waals surface area contributed by atoms with Crippen molar-refractivity contribution in [1.82, 2.24) is 9.80 Å². The summed E-state index contributed by atoms with van der Waals surface area (Å²) in [6.45, 7) is 8.61. The van der Waals surface area contributed by atoms with Crippen LogP contribution in [0.1, 0.15) is 40.5 Å². The van der Waals surface area contributed by atoms with Gasteiger partial charge in [0.1, 0.15) is 6.04 Å². The number of hydrogen-bond acceptors (Lipinski definition) is 3. The van der Waals surface area contributed by atoms with E-state index in [-0.39, 0.29) is 17.4 Å². The maximum Gasteiger partial charge on any atom is 0.327 e. The van der Waals surface area contributed by atoms with Gasteiger partial charge in [-0.05, 0) is 26.7 Å². The Morgan fingerprint density at radius 1 is 1.42 bits per heavy atom. The van der Waals surface area contributed by atoms with Crippen molar-refractivity contribution in [3.8, 4) is 0 Å². The van der Waals surface area contributed by atoms with Crippen LogP contribution in [-0.2, 0) is 4.79 Å². The van der Waals surface area contributed by atoms with E-state index in [2.05, 4.69) is 0 Å². The highest BCUT2D eigenvalue weighted by Crippen LogP contribution is 2.32. The van der Waals surface area contributed by atoms with Crippen molar-refractivity contribution in [3.63, 3.8) is 0 Å². The van der Waals surface area contributed by atoms with Crippen molar-refractivity contribution in [3.05, 3.63) is 0 Å². The third-order valence-electron chi connectivity index (χ3n) is 3.28. The zero-order valence-electron chi connectivity index (χ0n) is 12.1. The standard InChI is InChI=1S/C13H24N2O3S/c1-5-7-14(9(3)4)13(18)15-10(12(16)17)8-19-11(15)6-2/h9-11H,5-8H2,1-4H3,(H,16,17). The van der Waals surface area contributed by atoms with Gasteiger partial charge < -0.3 is 10.0 Å². The van der Waals surface area contributed by atoms with Gasteiger partial charge >= 0.3 is 12.0 Å². The highest BCUT2D eigenvalue weighted by atomic mass is 32.2. The van der Waals surface area contributed by atoms with Crippen molar-refractivity contribution >= 4 is 23.8 Å². The van der Waals surface area contributed by atoms with Crippen LogP contribution in [0.5, 0.6) is 0 Å². The minimum Gasteiger partial charge on any atom is -0.480 e. The van der Waals surface area contributed by atoms with Crippen molar-refractivity contribution in [1.29, 1.82) is 0 Å². The molecule has 2 amide bonds. The largest absolute Gasteiger partial charge is 0.480 e. The average Bonchev–Trinajstić information content (AvgIpc) is 2.78. The topological polar surface area (TPSA) is 60.9 Å². The van der Waals surface area contributed by atoms with Crippen molar-refractivity contribution in [2.45, 2.75) is 58.0 Å². The van der Waals surface area contributed by atoms with E-state index in [1.54, 1.807) is 21.6 Å². The number of carboxylic acid groups (broad SMARTS) is 1. The van der Waals surface area contributed by atoms with Gasteiger partial charge in [0.15, 0.2) is 0 Å². The highest BCUT2D eigenvalue weighted by molar-refractivity contribution is 8.00. The summed E-state index contributed by atoms with van der Waals surface area (Å²) >= 11 is 1.56. The number of urea groups is 1.